The zero-order chi connectivity index (χ0) is 23.3. The molecule has 0 bridgehead atoms. The predicted molar refractivity (Wildman–Crippen MR) is 126 cm³/mol. The van der Waals surface area contributed by atoms with Gasteiger partial charge in [0.15, 0.2) is 28.7 Å². The summed E-state index contributed by atoms with van der Waals surface area (Å²) in [5.41, 5.74) is 0.557. The van der Waals surface area contributed by atoms with Gasteiger partial charge in [-0.05, 0) is 43.2 Å². The zero-order valence-corrected chi connectivity index (χ0v) is 20.1. The van der Waals surface area contributed by atoms with Crippen molar-refractivity contribution in [1.82, 2.24) is 14.8 Å². The minimum Gasteiger partial charge on any atom is -0.480 e. The number of halogens is 3. The molecule has 1 N–H and O–H groups in total. The van der Waals surface area contributed by atoms with Gasteiger partial charge in [0.05, 0.1) is 15.8 Å². The van der Waals surface area contributed by atoms with Crippen LogP contribution >= 0.6 is 35.0 Å². The van der Waals surface area contributed by atoms with Gasteiger partial charge in [-0.15, -0.1) is 10.2 Å². The van der Waals surface area contributed by atoms with Crippen LogP contribution in [-0.4, -0.2) is 26.4 Å². The smallest absolute Gasteiger partial charge is 0.234 e. The fourth-order valence-electron chi connectivity index (χ4n) is 2.93. The molecular formula is C22H23Cl2FN4O2S. The first-order valence-corrected chi connectivity index (χ1v) is 11.7. The Bertz CT molecular complexity index is 1090. The molecule has 2 aromatic carbocycles. The summed E-state index contributed by atoms with van der Waals surface area (Å²) in [6.45, 7) is 6.55. The first-order chi connectivity index (χ1) is 15.2. The quantitative estimate of drug-likeness (QED) is 0.354. The van der Waals surface area contributed by atoms with Crippen molar-refractivity contribution >= 4 is 46.6 Å². The third-order valence-corrected chi connectivity index (χ3v) is 6.04. The number of benzene rings is 2. The van der Waals surface area contributed by atoms with Gasteiger partial charge in [-0.3, -0.25) is 4.79 Å². The maximum Gasteiger partial charge on any atom is 0.234 e. The second-order valence-electron chi connectivity index (χ2n) is 7.50. The van der Waals surface area contributed by atoms with E-state index in [0.29, 0.717) is 39.2 Å². The van der Waals surface area contributed by atoms with Crippen molar-refractivity contribution in [1.29, 1.82) is 0 Å². The normalized spacial score (nSPS) is 12.1. The molecule has 0 radical (unpaired) electrons. The summed E-state index contributed by atoms with van der Waals surface area (Å²) in [4.78, 5) is 12.4. The maximum absolute atomic E-state index is 14.0. The van der Waals surface area contributed by atoms with Gasteiger partial charge < -0.3 is 14.6 Å². The van der Waals surface area contributed by atoms with Gasteiger partial charge in [0, 0.05) is 12.2 Å². The van der Waals surface area contributed by atoms with Crippen molar-refractivity contribution in [2.24, 2.45) is 5.92 Å². The van der Waals surface area contributed by atoms with Crippen molar-refractivity contribution in [2.75, 3.05) is 11.1 Å². The number of thioether (sulfide) groups is 1. The van der Waals surface area contributed by atoms with Crippen LogP contribution in [0.2, 0.25) is 10.0 Å². The van der Waals surface area contributed by atoms with Gasteiger partial charge in [-0.25, -0.2) is 4.39 Å². The van der Waals surface area contributed by atoms with E-state index in [4.69, 9.17) is 27.9 Å². The highest BCUT2D eigenvalue weighted by Crippen LogP contribution is 2.28. The number of hydrogen-bond donors (Lipinski definition) is 1. The molecule has 0 aliphatic rings. The van der Waals surface area contributed by atoms with Crippen molar-refractivity contribution in [3.63, 3.8) is 0 Å². The summed E-state index contributed by atoms with van der Waals surface area (Å²) in [6, 6.07) is 11.1. The summed E-state index contributed by atoms with van der Waals surface area (Å²) in [6.07, 6.45) is -0.530. The van der Waals surface area contributed by atoms with E-state index in [-0.39, 0.29) is 17.4 Å². The number of nitrogens with zero attached hydrogens (tertiary/aromatic N) is 3. The minimum atomic E-state index is -0.530. The molecule has 32 heavy (non-hydrogen) atoms. The van der Waals surface area contributed by atoms with E-state index in [1.54, 1.807) is 43.3 Å². The molecule has 0 saturated carbocycles. The second-order valence-corrected chi connectivity index (χ2v) is 9.26. The Morgan fingerprint density at radius 1 is 1.16 bits per heavy atom. The molecule has 0 saturated heterocycles. The lowest BCUT2D eigenvalue weighted by molar-refractivity contribution is -0.113. The van der Waals surface area contributed by atoms with E-state index >= 15 is 0 Å². The number of ether oxygens (including phenoxy) is 1. The number of rotatable bonds is 9. The van der Waals surface area contributed by atoms with E-state index in [9.17, 15) is 9.18 Å². The molecule has 1 atom stereocenters. The molecule has 0 spiro atoms. The standard InChI is InChI=1S/C22H23Cl2FN4O2S/c1-13(2)11-29-21(14(3)31-19-7-5-4-6-18(19)25)27-28-22(29)32-12-20(30)26-15-8-9-16(23)17(24)10-15/h4-10,13-14H,11-12H2,1-3H3,(H,26,30). The summed E-state index contributed by atoms with van der Waals surface area (Å²) < 4.78 is 21.7. The number of amides is 1. The Morgan fingerprint density at radius 2 is 1.91 bits per heavy atom. The Morgan fingerprint density at radius 3 is 2.59 bits per heavy atom. The van der Waals surface area contributed by atoms with Gasteiger partial charge in [0.25, 0.3) is 0 Å². The van der Waals surface area contributed by atoms with E-state index in [1.165, 1.54) is 17.8 Å². The third kappa shape index (κ3) is 6.37. The van der Waals surface area contributed by atoms with Crippen LogP contribution in [0.15, 0.2) is 47.6 Å². The fraction of sp³-hybridized carbons (Fsp3) is 0.318. The van der Waals surface area contributed by atoms with Crippen LogP contribution in [-0.2, 0) is 11.3 Å². The Hall–Kier alpha value is -2.29. The highest BCUT2D eigenvalue weighted by Gasteiger charge is 2.22. The van der Waals surface area contributed by atoms with Gasteiger partial charge in [0.1, 0.15) is 0 Å². The van der Waals surface area contributed by atoms with Crippen molar-refractivity contribution in [3.05, 3.63) is 64.2 Å². The lowest BCUT2D eigenvalue weighted by atomic mass is 10.2. The van der Waals surface area contributed by atoms with Crippen LogP contribution in [0.1, 0.15) is 32.7 Å². The van der Waals surface area contributed by atoms with Crippen molar-refractivity contribution in [2.45, 2.75) is 38.6 Å². The molecule has 6 nitrogen and oxygen atoms in total. The number of carbonyl (C=O) groups is 1. The van der Waals surface area contributed by atoms with Crippen LogP contribution in [0.3, 0.4) is 0 Å². The highest BCUT2D eigenvalue weighted by atomic mass is 35.5. The number of carbonyl (C=O) groups excluding carboxylic acids is 1. The number of hydrogen-bond acceptors (Lipinski definition) is 5. The van der Waals surface area contributed by atoms with E-state index < -0.39 is 11.9 Å². The minimum absolute atomic E-state index is 0.124. The Kier molecular flexibility index (Phi) is 8.39. The summed E-state index contributed by atoms with van der Waals surface area (Å²) >= 11 is 13.2. The topological polar surface area (TPSA) is 69.0 Å². The Balaban J connectivity index is 1.70. The van der Waals surface area contributed by atoms with Crippen molar-refractivity contribution < 1.29 is 13.9 Å². The average molecular weight is 497 g/mol. The summed E-state index contributed by atoms with van der Waals surface area (Å²) in [7, 11) is 0. The van der Waals surface area contributed by atoms with Crippen LogP contribution < -0.4 is 10.1 Å². The SMILES string of the molecule is CC(C)Cn1c(SCC(=O)Nc2ccc(Cl)c(Cl)c2)nnc1C(C)Oc1ccccc1F. The molecule has 0 fully saturated rings. The molecule has 10 heteroatoms. The lowest BCUT2D eigenvalue weighted by Crippen LogP contribution is -2.17. The first kappa shape index (κ1) is 24.4. The van der Waals surface area contributed by atoms with E-state index in [0.717, 1.165) is 0 Å². The molecule has 0 aliphatic carbocycles. The predicted octanol–water partition coefficient (Wildman–Crippen LogP) is 6.25. The largest absolute Gasteiger partial charge is 0.480 e. The number of nitrogens with one attached hydrogen (secondary N) is 1. The molecule has 1 aromatic heterocycles. The lowest BCUT2D eigenvalue weighted by Gasteiger charge is -2.18. The molecule has 1 amide bonds. The van der Waals surface area contributed by atoms with E-state index in [1.807, 2.05) is 4.57 Å². The van der Waals surface area contributed by atoms with Gasteiger partial charge in [-0.2, -0.15) is 0 Å². The van der Waals surface area contributed by atoms with Crippen LogP contribution in [0.5, 0.6) is 5.75 Å². The molecule has 3 rings (SSSR count). The number of anilines is 1. The number of aromatic nitrogens is 3. The van der Waals surface area contributed by atoms with Gasteiger partial charge in [-0.1, -0.05) is 60.9 Å². The highest BCUT2D eigenvalue weighted by molar-refractivity contribution is 7.99. The van der Waals surface area contributed by atoms with Crippen LogP contribution in [0.4, 0.5) is 10.1 Å². The monoisotopic (exact) mass is 496 g/mol. The molecule has 0 aliphatic heterocycles. The third-order valence-electron chi connectivity index (χ3n) is 4.33. The van der Waals surface area contributed by atoms with Gasteiger partial charge in [0.2, 0.25) is 5.91 Å². The molecular weight excluding hydrogens is 474 g/mol. The van der Waals surface area contributed by atoms with Crippen LogP contribution in [0.25, 0.3) is 0 Å². The summed E-state index contributed by atoms with van der Waals surface area (Å²) in [5, 5.41) is 12.6. The average Bonchev–Trinajstić information content (AvgIpc) is 3.13. The first-order valence-electron chi connectivity index (χ1n) is 9.96. The molecule has 3 aromatic rings. The second kappa shape index (κ2) is 11.0. The van der Waals surface area contributed by atoms with Crippen LogP contribution in [0, 0.1) is 11.7 Å². The number of para-hydroxylation sites is 1. The fourth-order valence-corrected chi connectivity index (χ4v) is 3.98. The van der Waals surface area contributed by atoms with Crippen molar-refractivity contribution in [3.8, 4) is 5.75 Å². The molecule has 1 unspecified atom stereocenters. The van der Waals surface area contributed by atoms with Gasteiger partial charge >= 0.3 is 0 Å². The molecule has 170 valence electrons. The van der Waals surface area contributed by atoms with E-state index in [2.05, 4.69) is 29.4 Å². The zero-order valence-electron chi connectivity index (χ0n) is 17.8. The summed E-state index contributed by atoms with van der Waals surface area (Å²) in [5.74, 6) is 0.477. The Labute approximate surface area is 200 Å². The maximum atomic E-state index is 14.0. The molecule has 1 heterocycles.